The van der Waals surface area contributed by atoms with Crippen molar-refractivity contribution >= 4 is 11.7 Å². The van der Waals surface area contributed by atoms with Crippen molar-refractivity contribution in [3.63, 3.8) is 0 Å². The second-order valence-corrected chi connectivity index (χ2v) is 4.19. The van der Waals surface area contributed by atoms with Crippen LogP contribution in [-0.2, 0) is 0 Å². The first-order valence-corrected chi connectivity index (χ1v) is 5.39. The van der Waals surface area contributed by atoms with Crippen molar-refractivity contribution < 1.29 is 4.74 Å². The number of hydrogen-bond donors (Lipinski definition) is 0. The minimum atomic E-state index is -0.0873. The van der Waals surface area contributed by atoms with E-state index in [1.807, 2.05) is 24.3 Å². The molecule has 1 rings (SSSR count). The minimum absolute atomic E-state index is 0.0873. The van der Waals surface area contributed by atoms with Crippen LogP contribution in [0.5, 0.6) is 5.75 Å². The maximum atomic E-state index is 5.06. The maximum Gasteiger partial charge on any atom is 0.119 e. The summed E-state index contributed by atoms with van der Waals surface area (Å²) in [7, 11) is 1.64. The van der Waals surface area contributed by atoms with Gasteiger partial charge in [0.25, 0.3) is 0 Å². The number of aliphatic imine (C=N–C) groups is 2. The third-order valence-electron chi connectivity index (χ3n) is 2.47. The number of nitrogens with zero attached hydrogens (tertiary/aromatic N) is 2. The van der Waals surface area contributed by atoms with Gasteiger partial charge in [-0.1, -0.05) is 6.92 Å². The van der Waals surface area contributed by atoms with Gasteiger partial charge in [0.2, 0.25) is 0 Å². The monoisotopic (exact) mass is 218 g/mol. The van der Waals surface area contributed by atoms with Gasteiger partial charge in [-0.05, 0) is 44.5 Å². The molecule has 0 aliphatic heterocycles. The largest absolute Gasteiger partial charge is 0.497 e. The topological polar surface area (TPSA) is 34.0 Å². The zero-order valence-corrected chi connectivity index (χ0v) is 10.3. The lowest BCUT2D eigenvalue weighted by molar-refractivity contribution is 0.415. The van der Waals surface area contributed by atoms with Gasteiger partial charge in [0, 0.05) is 0 Å². The normalized spacial score (nSPS) is 10.5. The van der Waals surface area contributed by atoms with Crippen molar-refractivity contribution in [2.75, 3.05) is 7.11 Å². The molecule has 0 radical (unpaired) electrons. The quantitative estimate of drug-likeness (QED) is 0.709. The van der Waals surface area contributed by atoms with E-state index in [1.54, 1.807) is 7.11 Å². The molecule has 0 fully saturated rings. The summed E-state index contributed by atoms with van der Waals surface area (Å²) in [6.45, 7) is 6.21. The smallest absolute Gasteiger partial charge is 0.119 e. The maximum absolute atomic E-state index is 5.06. The van der Waals surface area contributed by atoms with Crippen LogP contribution in [0.3, 0.4) is 0 Å². The molecule has 0 amide bonds. The number of hydrogen-bond acceptors (Lipinski definition) is 3. The van der Waals surface area contributed by atoms with Crippen LogP contribution in [0.4, 0.5) is 5.69 Å². The summed E-state index contributed by atoms with van der Waals surface area (Å²) in [4.78, 5) is 8.41. The Morgan fingerprint density at radius 2 is 1.88 bits per heavy atom. The van der Waals surface area contributed by atoms with Crippen LogP contribution in [0.25, 0.3) is 0 Å². The molecule has 0 atom stereocenters. The van der Waals surface area contributed by atoms with Gasteiger partial charge < -0.3 is 4.74 Å². The predicted molar refractivity (Wildman–Crippen MR) is 66.9 cm³/mol. The van der Waals surface area contributed by atoms with Crippen molar-refractivity contribution in [1.29, 1.82) is 0 Å². The summed E-state index contributed by atoms with van der Waals surface area (Å²) in [6, 6.07) is 10.2. The molecule has 0 saturated heterocycles. The van der Waals surface area contributed by atoms with Crippen molar-refractivity contribution in [3.05, 3.63) is 24.3 Å². The highest BCUT2D eigenvalue weighted by atomic mass is 16.5. The Balaban J connectivity index is 2.76. The van der Waals surface area contributed by atoms with Crippen LogP contribution in [-0.4, -0.2) is 18.7 Å². The van der Waals surface area contributed by atoms with Crippen LogP contribution in [0.2, 0.25) is 0 Å². The first-order chi connectivity index (χ1) is 7.57. The Bertz CT molecular complexity index is 387. The third kappa shape index (κ3) is 3.87. The predicted octanol–water partition coefficient (Wildman–Crippen LogP) is 3.69. The summed E-state index contributed by atoms with van der Waals surface area (Å²) in [6.07, 6.45) is 0.970. The molecule has 0 saturated carbocycles. The molecule has 3 nitrogen and oxygen atoms in total. The van der Waals surface area contributed by atoms with Crippen LogP contribution >= 0.6 is 0 Å². The molecule has 0 spiro atoms. The van der Waals surface area contributed by atoms with Gasteiger partial charge >= 0.3 is 0 Å². The fourth-order valence-electron chi connectivity index (χ4n) is 0.954. The van der Waals surface area contributed by atoms with Crippen molar-refractivity contribution in [2.24, 2.45) is 9.98 Å². The lowest BCUT2D eigenvalue weighted by atomic mass is 10.0. The first-order valence-electron chi connectivity index (χ1n) is 5.39. The van der Waals surface area contributed by atoms with Crippen molar-refractivity contribution in [1.82, 2.24) is 0 Å². The summed E-state index contributed by atoms with van der Waals surface area (Å²) < 4.78 is 5.06. The van der Waals surface area contributed by atoms with Crippen molar-refractivity contribution in [3.8, 4) is 5.75 Å². The van der Waals surface area contributed by atoms with E-state index in [0.29, 0.717) is 0 Å². The molecule has 0 aromatic heterocycles. The van der Waals surface area contributed by atoms with Gasteiger partial charge in [-0.2, -0.15) is 4.99 Å². The fourth-order valence-corrected chi connectivity index (χ4v) is 0.954. The third-order valence-corrected chi connectivity index (χ3v) is 2.47. The number of methoxy groups -OCH3 is 1. The average Bonchev–Trinajstić information content (AvgIpc) is 2.30. The van der Waals surface area contributed by atoms with E-state index in [-0.39, 0.29) is 5.54 Å². The molecule has 86 valence electrons. The second kappa shape index (κ2) is 5.47. The Morgan fingerprint density at radius 1 is 1.25 bits per heavy atom. The van der Waals surface area contributed by atoms with Gasteiger partial charge in [0.05, 0.1) is 24.3 Å². The Kier molecular flexibility index (Phi) is 4.27. The Hall–Kier alpha value is -1.60. The van der Waals surface area contributed by atoms with Crippen LogP contribution in [0.15, 0.2) is 34.3 Å². The summed E-state index contributed by atoms with van der Waals surface area (Å²) in [5.74, 6) is 0.824. The highest BCUT2D eigenvalue weighted by Crippen LogP contribution is 2.17. The summed E-state index contributed by atoms with van der Waals surface area (Å²) in [5, 5.41) is 0. The minimum Gasteiger partial charge on any atom is -0.497 e. The van der Waals surface area contributed by atoms with Crippen LogP contribution in [0.1, 0.15) is 27.2 Å². The molecule has 0 aliphatic rings. The van der Waals surface area contributed by atoms with E-state index in [4.69, 9.17) is 4.74 Å². The number of ether oxygens (including phenoxy) is 1. The number of rotatable bonds is 4. The van der Waals surface area contributed by atoms with Gasteiger partial charge in [-0.3, -0.25) is 0 Å². The van der Waals surface area contributed by atoms with E-state index in [2.05, 4.69) is 36.8 Å². The molecular formula is C13H18N2O. The molecule has 1 aromatic carbocycles. The van der Waals surface area contributed by atoms with Gasteiger partial charge in [-0.15, -0.1) is 0 Å². The SMILES string of the molecule is CCC(C)(C)N=C=Nc1ccc(OC)cc1. The van der Waals surface area contributed by atoms with Gasteiger partial charge in [0.1, 0.15) is 5.75 Å². The van der Waals surface area contributed by atoms with E-state index in [9.17, 15) is 0 Å². The highest BCUT2D eigenvalue weighted by Gasteiger charge is 2.10. The van der Waals surface area contributed by atoms with Crippen LogP contribution < -0.4 is 4.74 Å². The van der Waals surface area contributed by atoms with E-state index in [0.717, 1.165) is 17.9 Å². The molecule has 0 bridgehead atoms. The van der Waals surface area contributed by atoms with Crippen molar-refractivity contribution in [2.45, 2.75) is 32.7 Å². The second-order valence-electron chi connectivity index (χ2n) is 4.19. The average molecular weight is 218 g/mol. The van der Waals surface area contributed by atoms with Gasteiger partial charge in [0.15, 0.2) is 0 Å². The van der Waals surface area contributed by atoms with Crippen LogP contribution in [0, 0.1) is 0 Å². The van der Waals surface area contributed by atoms with E-state index < -0.39 is 0 Å². The van der Waals surface area contributed by atoms with E-state index >= 15 is 0 Å². The zero-order chi connectivity index (χ0) is 12.0. The molecule has 16 heavy (non-hydrogen) atoms. The molecule has 0 N–H and O–H groups in total. The van der Waals surface area contributed by atoms with E-state index in [1.165, 1.54) is 0 Å². The first kappa shape index (κ1) is 12.5. The fraction of sp³-hybridized carbons (Fsp3) is 0.462. The zero-order valence-electron chi connectivity index (χ0n) is 10.3. The Morgan fingerprint density at radius 3 is 2.38 bits per heavy atom. The Labute approximate surface area is 96.9 Å². The lowest BCUT2D eigenvalue weighted by Gasteiger charge is -2.13. The molecule has 1 aromatic rings. The molecule has 3 heteroatoms. The molecule has 0 unspecified atom stereocenters. The molecule has 0 heterocycles. The summed E-state index contributed by atoms with van der Waals surface area (Å²) in [5.41, 5.74) is 0.743. The van der Waals surface area contributed by atoms with Gasteiger partial charge in [-0.25, -0.2) is 4.99 Å². The molecule has 0 aliphatic carbocycles. The standard InChI is InChI=1S/C13H18N2O/c1-5-13(2,3)15-10-14-11-6-8-12(16-4)9-7-11/h6-9H,5H2,1-4H3. The molecular weight excluding hydrogens is 200 g/mol. The lowest BCUT2D eigenvalue weighted by Crippen LogP contribution is -2.13. The highest BCUT2D eigenvalue weighted by molar-refractivity contribution is 5.53. The summed E-state index contributed by atoms with van der Waals surface area (Å²) >= 11 is 0. The number of benzene rings is 1.